The predicted molar refractivity (Wildman–Crippen MR) is 67.9 cm³/mol. The fourth-order valence-corrected chi connectivity index (χ4v) is 2.00. The van der Waals surface area contributed by atoms with Gasteiger partial charge in [0.1, 0.15) is 11.6 Å². The van der Waals surface area contributed by atoms with Gasteiger partial charge in [-0.2, -0.15) is 0 Å². The molecule has 4 nitrogen and oxygen atoms in total. The number of nitrogen functional groups attached to an aromatic ring is 1. The highest BCUT2D eigenvalue weighted by Crippen LogP contribution is 2.27. The van der Waals surface area contributed by atoms with Crippen molar-refractivity contribution in [1.29, 1.82) is 0 Å². The molecular formula is C13H21N3O. The number of nitrogens with zero attached hydrogens (tertiary/aromatic N) is 2. The van der Waals surface area contributed by atoms with E-state index < -0.39 is 0 Å². The number of ether oxygens (including phenoxy) is 1. The summed E-state index contributed by atoms with van der Waals surface area (Å²) in [5.74, 6) is 1.70. The summed E-state index contributed by atoms with van der Waals surface area (Å²) in [5, 5.41) is 0. The molecule has 1 aromatic heterocycles. The summed E-state index contributed by atoms with van der Waals surface area (Å²) in [6, 6.07) is 1.87. The van der Waals surface area contributed by atoms with Gasteiger partial charge in [-0.3, -0.25) is 0 Å². The van der Waals surface area contributed by atoms with E-state index in [1.807, 2.05) is 6.07 Å². The predicted octanol–water partition coefficient (Wildman–Crippen LogP) is 2.25. The Balaban J connectivity index is 2.31. The molecule has 2 rings (SSSR count). The minimum atomic E-state index is 0.00132. The topological polar surface area (TPSA) is 61.0 Å². The number of rotatable bonds is 1. The van der Waals surface area contributed by atoms with E-state index in [1.165, 1.54) is 0 Å². The third-order valence-corrected chi connectivity index (χ3v) is 3.06. The van der Waals surface area contributed by atoms with Crippen LogP contribution in [0.15, 0.2) is 6.07 Å². The van der Waals surface area contributed by atoms with Gasteiger partial charge in [-0.15, -0.1) is 0 Å². The van der Waals surface area contributed by atoms with Gasteiger partial charge in [0.15, 0.2) is 0 Å². The van der Waals surface area contributed by atoms with Crippen LogP contribution in [-0.4, -0.2) is 23.2 Å². The number of hydrogen-bond acceptors (Lipinski definition) is 4. The summed E-state index contributed by atoms with van der Waals surface area (Å²) >= 11 is 0. The Kier molecular flexibility index (Phi) is 3.33. The van der Waals surface area contributed by atoms with Gasteiger partial charge < -0.3 is 10.5 Å². The Hall–Kier alpha value is -1.16. The van der Waals surface area contributed by atoms with Gasteiger partial charge in [-0.25, -0.2) is 9.97 Å². The molecular weight excluding hydrogens is 214 g/mol. The highest BCUT2D eigenvalue weighted by molar-refractivity contribution is 5.33. The molecule has 2 N–H and O–H groups in total. The van der Waals surface area contributed by atoms with Gasteiger partial charge in [-0.05, 0) is 12.8 Å². The maximum Gasteiger partial charge on any atom is 0.136 e. The van der Waals surface area contributed by atoms with Crippen LogP contribution in [0.1, 0.15) is 51.0 Å². The molecule has 1 aliphatic rings. The largest absolute Gasteiger partial charge is 0.384 e. The Bertz CT molecular complexity index is 392. The normalized spacial score (nSPS) is 21.5. The Morgan fingerprint density at radius 3 is 2.71 bits per heavy atom. The van der Waals surface area contributed by atoms with Gasteiger partial charge in [0.05, 0.1) is 12.3 Å². The number of hydrogen-bond donors (Lipinski definition) is 1. The summed E-state index contributed by atoms with van der Waals surface area (Å²) in [6.07, 6.45) is 2.17. The minimum absolute atomic E-state index is 0.00132. The van der Waals surface area contributed by atoms with Crippen molar-refractivity contribution < 1.29 is 4.74 Å². The highest BCUT2D eigenvalue weighted by Gasteiger charge is 2.23. The molecule has 1 unspecified atom stereocenters. The quantitative estimate of drug-likeness (QED) is 0.811. The molecule has 0 aliphatic carbocycles. The Morgan fingerprint density at radius 1 is 1.35 bits per heavy atom. The van der Waals surface area contributed by atoms with Gasteiger partial charge in [-0.1, -0.05) is 20.8 Å². The third-order valence-electron chi connectivity index (χ3n) is 3.06. The second-order valence-corrected chi connectivity index (χ2v) is 5.70. The van der Waals surface area contributed by atoms with Crippen LogP contribution in [0.5, 0.6) is 0 Å². The first kappa shape index (κ1) is 12.3. The average molecular weight is 235 g/mol. The van der Waals surface area contributed by atoms with Crippen LogP contribution in [-0.2, 0) is 10.2 Å². The second-order valence-electron chi connectivity index (χ2n) is 5.70. The van der Waals surface area contributed by atoms with Crippen molar-refractivity contribution in [2.24, 2.45) is 0 Å². The summed E-state index contributed by atoms with van der Waals surface area (Å²) in [6.45, 7) is 7.97. The maximum atomic E-state index is 5.87. The van der Waals surface area contributed by atoms with E-state index in [0.717, 1.165) is 31.0 Å². The van der Waals surface area contributed by atoms with Gasteiger partial charge in [0, 0.05) is 24.0 Å². The second kappa shape index (κ2) is 4.61. The monoisotopic (exact) mass is 235 g/mol. The third kappa shape index (κ3) is 2.94. The molecule has 2 heterocycles. The molecule has 1 saturated heterocycles. The fraction of sp³-hybridized carbons (Fsp3) is 0.692. The van der Waals surface area contributed by atoms with E-state index in [9.17, 15) is 0 Å². The van der Waals surface area contributed by atoms with Crippen molar-refractivity contribution in [3.8, 4) is 0 Å². The van der Waals surface area contributed by atoms with Gasteiger partial charge >= 0.3 is 0 Å². The van der Waals surface area contributed by atoms with E-state index in [0.29, 0.717) is 18.3 Å². The molecule has 0 radical (unpaired) electrons. The van der Waals surface area contributed by atoms with Crippen LogP contribution < -0.4 is 5.73 Å². The SMILES string of the molecule is CC(C)(C)c1cc(N)nc(C2CCCOC2)n1. The van der Waals surface area contributed by atoms with Crippen LogP contribution in [0.4, 0.5) is 5.82 Å². The van der Waals surface area contributed by atoms with Gasteiger partial charge in [0.2, 0.25) is 0 Å². The molecule has 0 amide bonds. The van der Waals surface area contributed by atoms with Crippen molar-refractivity contribution in [2.45, 2.75) is 44.9 Å². The molecule has 0 bridgehead atoms. The summed E-state index contributed by atoms with van der Waals surface area (Å²) in [4.78, 5) is 9.02. The summed E-state index contributed by atoms with van der Waals surface area (Å²) < 4.78 is 5.48. The zero-order valence-electron chi connectivity index (χ0n) is 10.9. The highest BCUT2D eigenvalue weighted by atomic mass is 16.5. The van der Waals surface area contributed by atoms with Crippen LogP contribution >= 0.6 is 0 Å². The molecule has 1 atom stereocenters. The average Bonchev–Trinajstić information content (AvgIpc) is 2.28. The molecule has 1 aromatic rings. The van der Waals surface area contributed by atoms with Crippen LogP contribution in [0, 0.1) is 0 Å². The molecule has 4 heteroatoms. The van der Waals surface area contributed by atoms with Crippen molar-refractivity contribution in [3.05, 3.63) is 17.6 Å². The minimum Gasteiger partial charge on any atom is -0.384 e. The lowest BCUT2D eigenvalue weighted by Crippen LogP contribution is -2.22. The fourth-order valence-electron chi connectivity index (χ4n) is 2.00. The molecule has 0 aromatic carbocycles. The first-order valence-electron chi connectivity index (χ1n) is 6.19. The Labute approximate surface area is 103 Å². The first-order chi connectivity index (χ1) is 7.97. The molecule has 0 saturated carbocycles. The first-order valence-corrected chi connectivity index (χ1v) is 6.19. The number of nitrogens with two attached hydrogens (primary N) is 1. The van der Waals surface area contributed by atoms with Crippen molar-refractivity contribution >= 4 is 5.82 Å². The van der Waals surface area contributed by atoms with E-state index >= 15 is 0 Å². The van der Waals surface area contributed by atoms with Crippen LogP contribution in [0.3, 0.4) is 0 Å². The van der Waals surface area contributed by atoms with E-state index in [2.05, 4.69) is 30.7 Å². The smallest absolute Gasteiger partial charge is 0.136 e. The molecule has 1 fully saturated rings. The van der Waals surface area contributed by atoms with Gasteiger partial charge in [0.25, 0.3) is 0 Å². The zero-order chi connectivity index (χ0) is 12.5. The maximum absolute atomic E-state index is 5.87. The lowest BCUT2D eigenvalue weighted by atomic mass is 9.91. The summed E-state index contributed by atoms with van der Waals surface area (Å²) in [7, 11) is 0. The molecule has 1 aliphatic heterocycles. The number of anilines is 1. The molecule has 17 heavy (non-hydrogen) atoms. The number of aromatic nitrogens is 2. The van der Waals surface area contributed by atoms with Crippen LogP contribution in [0.25, 0.3) is 0 Å². The van der Waals surface area contributed by atoms with E-state index in [-0.39, 0.29) is 5.41 Å². The molecule has 94 valence electrons. The van der Waals surface area contributed by atoms with Crippen molar-refractivity contribution in [1.82, 2.24) is 9.97 Å². The van der Waals surface area contributed by atoms with Crippen molar-refractivity contribution in [3.63, 3.8) is 0 Å². The summed E-state index contributed by atoms with van der Waals surface area (Å²) in [5.41, 5.74) is 6.88. The van der Waals surface area contributed by atoms with Crippen molar-refractivity contribution in [2.75, 3.05) is 18.9 Å². The standard InChI is InChI=1S/C13H21N3O/c1-13(2,3)10-7-11(14)16-12(15-10)9-5-4-6-17-8-9/h7,9H,4-6,8H2,1-3H3,(H2,14,15,16). The van der Waals surface area contributed by atoms with Crippen LogP contribution in [0.2, 0.25) is 0 Å². The Morgan fingerprint density at radius 2 is 2.12 bits per heavy atom. The zero-order valence-corrected chi connectivity index (χ0v) is 10.9. The molecule has 0 spiro atoms. The van der Waals surface area contributed by atoms with E-state index in [1.54, 1.807) is 0 Å². The lowest BCUT2D eigenvalue weighted by Gasteiger charge is -2.24. The van der Waals surface area contributed by atoms with E-state index in [4.69, 9.17) is 10.5 Å². The lowest BCUT2D eigenvalue weighted by molar-refractivity contribution is 0.0780.